The second-order valence-electron chi connectivity index (χ2n) is 4.36. The molecule has 1 aliphatic carbocycles. The number of nitriles is 1. The molecule has 0 spiro atoms. The Morgan fingerprint density at radius 2 is 1.69 bits per heavy atom. The molecule has 0 radical (unpaired) electrons. The van der Waals surface area contributed by atoms with E-state index in [9.17, 15) is 0 Å². The summed E-state index contributed by atoms with van der Waals surface area (Å²) in [5, 5.41) is 8.76. The molecular formula is C15H21N. The Labute approximate surface area is 99.1 Å². The number of fused-ring (bicyclic) bond motifs is 1. The molecule has 0 aliphatic heterocycles. The minimum atomic E-state index is 0.806. The van der Waals surface area contributed by atoms with E-state index in [1.807, 2.05) is 6.07 Å². The molecule has 1 aromatic rings. The lowest BCUT2D eigenvalue weighted by atomic mass is 10.0. The predicted octanol–water partition coefficient (Wildman–Crippen LogP) is 4.24. The van der Waals surface area contributed by atoms with Crippen molar-refractivity contribution >= 4 is 0 Å². The van der Waals surface area contributed by atoms with Crippen LogP contribution in [0.3, 0.4) is 0 Å². The van der Waals surface area contributed by atoms with Gasteiger partial charge in [-0.25, -0.2) is 0 Å². The monoisotopic (exact) mass is 215 g/mol. The summed E-state index contributed by atoms with van der Waals surface area (Å²) in [5.41, 5.74) is 3.66. The summed E-state index contributed by atoms with van der Waals surface area (Å²) in [4.78, 5) is 0. The van der Waals surface area contributed by atoms with Gasteiger partial charge in [0.1, 0.15) is 0 Å². The van der Waals surface area contributed by atoms with Gasteiger partial charge in [0.05, 0.1) is 11.6 Å². The van der Waals surface area contributed by atoms with Crippen LogP contribution in [0.25, 0.3) is 0 Å². The molecule has 0 bridgehead atoms. The number of aryl methyl sites for hydroxylation is 2. The summed E-state index contributed by atoms with van der Waals surface area (Å²) in [5.74, 6) is 0. The van der Waals surface area contributed by atoms with Crippen molar-refractivity contribution in [3.63, 3.8) is 0 Å². The van der Waals surface area contributed by atoms with Gasteiger partial charge in [0, 0.05) is 0 Å². The molecule has 0 saturated heterocycles. The van der Waals surface area contributed by atoms with Crippen LogP contribution in [0.4, 0.5) is 0 Å². The van der Waals surface area contributed by atoms with E-state index in [-0.39, 0.29) is 0 Å². The van der Waals surface area contributed by atoms with Gasteiger partial charge in [-0.2, -0.15) is 5.26 Å². The van der Waals surface area contributed by atoms with Crippen LogP contribution >= 0.6 is 0 Å². The Bertz CT molecular complexity index is 360. The largest absolute Gasteiger partial charge is 0.192 e. The van der Waals surface area contributed by atoms with E-state index in [1.54, 1.807) is 0 Å². The van der Waals surface area contributed by atoms with Gasteiger partial charge >= 0.3 is 0 Å². The van der Waals surface area contributed by atoms with Crippen LogP contribution in [0.1, 0.15) is 56.2 Å². The van der Waals surface area contributed by atoms with Crippen LogP contribution in [0.5, 0.6) is 0 Å². The zero-order valence-corrected chi connectivity index (χ0v) is 10.4. The first-order chi connectivity index (χ1) is 7.81. The molecule has 0 N–H and O–H groups in total. The lowest BCUT2D eigenvalue weighted by molar-refractivity contribution is 0.711. The molecule has 2 rings (SSSR count). The summed E-state index contributed by atoms with van der Waals surface area (Å²) in [7, 11) is 0. The SMILES string of the molecule is CCC.N#Cc1ccc2c(c1)CCCCC2. The smallest absolute Gasteiger partial charge is 0.0991 e. The highest BCUT2D eigenvalue weighted by Gasteiger charge is 2.07. The Morgan fingerprint density at radius 1 is 1.06 bits per heavy atom. The second-order valence-corrected chi connectivity index (χ2v) is 4.36. The highest BCUT2D eigenvalue weighted by atomic mass is 14.2. The lowest BCUT2D eigenvalue weighted by Gasteiger charge is -2.04. The fourth-order valence-electron chi connectivity index (χ4n) is 1.98. The molecule has 0 amide bonds. The van der Waals surface area contributed by atoms with Crippen LogP contribution in [0.2, 0.25) is 0 Å². The molecule has 86 valence electrons. The van der Waals surface area contributed by atoms with Crippen molar-refractivity contribution in [1.82, 2.24) is 0 Å². The Morgan fingerprint density at radius 3 is 2.31 bits per heavy atom. The molecule has 0 heterocycles. The van der Waals surface area contributed by atoms with Crippen molar-refractivity contribution < 1.29 is 0 Å². The molecule has 16 heavy (non-hydrogen) atoms. The van der Waals surface area contributed by atoms with Crippen molar-refractivity contribution in [2.45, 2.75) is 52.4 Å². The molecule has 0 saturated carbocycles. The van der Waals surface area contributed by atoms with E-state index >= 15 is 0 Å². The summed E-state index contributed by atoms with van der Waals surface area (Å²) in [6.07, 6.45) is 7.52. The van der Waals surface area contributed by atoms with Crippen LogP contribution in [-0.4, -0.2) is 0 Å². The standard InChI is InChI=1S/C12H13N.C3H8/c13-9-10-6-7-11-4-2-1-3-5-12(11)8-10;1-3-2/h6-8H,1-5H2;3H2,1-2H3. The van der Waals surface area contributed by atoms with E-state index in [0.29, 0.717) is 0 Å². The maximum Gasteiger partial charge on any atom is 0.0991 e. The van der Waals surface area contributed by atoms with Crippen LogP contribution in [0.15, 0.2) is 18.2 Å². The number of rotatable bonds is 0. The Hall–Kier alpha value is -1.29. The third-order valence-corrected chi connectivity index (χ3v) is 2.73. The average molecular weight is 215 g/mol. The number of nitrogens with zero attached hydrogens (tertiary/aromatic N) is 1. The quantitative estimate of drug-likeness (QED) is 0.594. The van der Waals surface area contributed by atoms with Crippen molar-refractivity contribution in [3.05, 3.63) is 34.9 Å². The van der Waals surface area contributed by atoms with E-state index < -0.39 is 0 Å². The summed E-state index contributed by atoms with van der Waals surface area (Å²) < 4.78 is 0. The third-order valence-electron chi connectivity index (χ3n) is 2.73. The highest BCUT2D eigenvalue weighted by Crippen LogP contribution is 2.21. The van der Waals surface area contributed by atoms with Crippen molar-refractivity contribution in [2.75, 3.05) is 0 Å². The van der Waals surface area contributed by atoms with Gasteiger partial charge in [0.25, 0.3) is 0 Å². The third kappa shape index (κ3) is 3.70. The van der Waals surface area contributed by atoms with Gasteiger partial charge in [0.15, 0.2) is 0 Å². The molecule has 1 aliphatic rings. The topological polar surface area (TPSA) is 23.8 Å². The van der Waals surface area contributed by atoms with Crippen molar-refractivity contribution in [3.8, 4) is 6.07 Å². The summed E-state index contributed by atoms with van der Waals surface area (Å²) >= 11 is 0. The van der Waals surface area contributed by atoms with Gasteiger partial charge in [-0.05, 0) is 48.9 Å². The maximum atomic E-state index is 8.76. The molecular weight excluding hydrogens is 194 g/mol. The van der Waals surface area contributed by atoms with E-state index in [1.165, 1.54) is 43.2 Å². The van der Waals surface area contributed by atoms with Gasteiger partial charge in [-0.3, -0.25) is 0 Å². The van der Waals surface area contributed by atoms with Crippen molar-refractivity contribution in [1.29, 1.82) is 5.26 Å². The Balaban J connectivity index is 0.000000386. The average Bonchev–Trinajstić information content (AvgIpc) is 2.54. The summed E-state index contributed by atoms with van der Waals surface area (Å²) in [6.45, 7) is 4.25. The van der Waals surface area contributed by atoms with E-state index in [4.69, 9.17) is 5.26 Å². The first-order valence-corrected chi connectivity index (χ1v) is 6.33. The lowest BCUT2D eigenvalue weighted by Crippen LogP contribution is -1.91. The zero-order chi connectivity index (χ0) is 11.8. The number of benzene rings is 1. The minimum absolute atomic E-state index is 0.806. The van der Waals surface area contributed by atoms with Crippen LogP contribution in [0, 0.1) is 11.3 Å². The fraction of sp³-hybridized carbons (Fsp3) is 0.533. The van der Waals surface area contributed by atoms with Gasteiger partial charge < -0.3 is 0 Å². The maximum absolute atomic E-state index is 8.76. The Kier molecular flexibility index (Phi) is 5.64. The first kappa shape index (κ1) is 12.8. The van der Waals surface area contributed by atoms with Crippen molar-refractivity contribution in [2.24, 2.45) is 0 Å². The molecule has 0 atom stereocenters. The van der Waals surface area contributed by atoms with Gasteiger partial charge in [-0.1, -0.05) is 32.8 Å². The van der Waals surface area contributed by atoms with Crippen LogP contribution < -0.4 is 0 Å². The van der Waals surface area contributed by atoms with Crippen LogP contribution in [-0.2, 0) is 12.8 Å². The minimum Gasteiger partial charge on any atom is -0.192 e. The molecule has 1 heteroatoms. The first-order valence-electron chi connectivity index (χ1n) is 6.33. The highest BCUT2D eigenvalue weighted by molar-refractivity contribution is 5.38. The number of hydrogen-bond acceptors (Lipinski definition) is 1. The predicted molar refractivity (Wildman–Crippen MR) is 68.4 cm³/mol. The summed E-state index contributed by atoms with van der Waals surface area (Å²) in [6, 6.07) is 8.31. The molecule has 1 nitrogen and oxygen atoms in total. The normalized spacial score (nSPS) is 13.8. The van der Waals surface area contributed by atoms with E-state index in [0.717, 1.165) is 12.0 Å². The zero-order valence-electron chi connectivity index (χ0n) is 10.4. The second kappa shape index (κ2) is 7.06. The molecule has 0 aromatic heterocycles. The molecule has 1 aromatic carbocycles. The van der Waals surface area contributed by atoms with Gasteiger partial charge in [0.2, 0.25) is 0 Å². The molecule has 0 fully saturated rings. The van der Waals surface area contributed by atoms with E-state index in [2.05, 4.69) is 32.0 Å². The molecule has 0 unspecified atom stereocenters. The van der Waals surface area contributed by atoms with Gasteiger partial charge in [-0.15, -0.1) is 0 Å². The number of hydrogen-bond donors (Lipinski definition) is 0. The fourth-order valence-corrected chi connectivity index (χ4v) is 1.98.